The molecule has 7 nitrogen and oxygen atoms in total. The molecule has 0 saturated heterocycles. The van der Waals surface area contributed by atoms with Crippen molar-refractivity contribution >= 4 is 23.1 Å². The van der Waals surface area contributed by atoms with Gasteiger partial charge in [0.2, 0.25) is 0 Å². The number of halogens is 2. The summed E-state index contributed by atoms with van der Waals surface area (Å²) in [5.74, 6) is 0.166. The largest absolute Gasteiger partial charge is 0.386 e. The van der Waals surface area contributed by atoms with Crippen molar-refractivity contribution < 1.29 is 9.50 Å². The molecule has 2 aromatic rings. The molecule has 31 heavy (non-hydrogen) atoms. The van der Waals surface area contributed by atoms with Crippen molar-refractivity contribution in [3.63, 3.8) is 0 Å². The molecule has 0 bridgehead atoms. The van der Waals surface area contributed by atoms with Gasteiger partial charge in [-0.05, 0) is 44.5 Å². The van der Waals surface area contributed by atoms with Gasteiger partial charge < -0.3 is 20.6 Å². The van der Waals surface area contributed by atoms with Crippen LogP contribution in [0.25, 0.3) is 0 Å². The lowest BCUT2D eigenvalue weighted by Gasteiger charge is -2.32. The molecule has 2 aliphatic heterocycles. The Morgan fingerprint density at radius 3 is 2.87 bits per heavy atom. The van der Waals surface area contributed by atoms with Crippen LogP contribution in [-0.2, 0) is 13.0 Å². The molecule has 2 aliphatic rings. The second kappa shape index (κ2) is 8.17. The van der Waals surface area contributed by atoms with E-state index >= 15 is 0 Å². The molecule has 0 spiro atoms. The number of anilines is 2. The fourth-order valence-electron chi connectivity index (χ4n) is 3.72. The Morgan fingerprint density at radius 2 is 2.19 bits per heavy atom. The van der Waals surface area contributed by atoms with Crippen LogP contribution in [0.1, 0.15) is 30.7 Å². The van der Waals surface area contributed by atoms with E-state index in [1.165, 1.54) is 32.5 Å². The van der Waals surface area contributed by atoms with E-state index < -0.39 is 17.6 Å². The molecule has 3 heterocycles. The Balaban J connectivity index is 1.51. The highest BCUT2D eigenvalue weighted by molar-refractivity contribution is 6.32. The van der Waals surface area contributed by atoms with Gasteiger partial charge in [-0.1, -0.05) is 11.6 Å². The minimum absolute atomic E-state index is 0.201. The molecule has 1 atom stereocenters. The number of aliphatic hydroxyl groups is 1. The first-order chi connectivity index (χ1) is 14.8. The Kier molecular flexibility index (Phi) is 5.56. The van der Waals surface area contributed by atoms with Crippen LogP contribution < -0.4 is 15.5 Å². The summed E-state index contributed by atoms with van der Waals surface area (Å²) in [5.41, 5.74) is 2.14. The number of benzene rings is 1. The average molecular weight is 441 g/mol. The van der Waals surface area contributed by atoms with Gasteiger partial charge in [-0.25, -0.2) is 14.4 Å². The van der Waals surface area contributed by atoms with Crippen molar-refractivity contribution in [1.29, 1.82) is 5.26 Å². The van der Waals surface area contributed by atoms with Crippen molar-refractivity contribution in [2.45, 2.75) is 38.6 Å². The van der Waals surface area contributed by atoms with Gasteiger partial charge in [-0.3, -0.25) is 0 Å². The van der Waals surface area contributed by atoms with Crippen molar-refractivity contribution in [2.75, 3.05) is 16.8 Å². The van der Waals surface area contributed by atoms with Crippen molar-refractivity contribution in [2.24, 2.45) is 0 Å². The van der Waals surface area contributed by atoms with Gasteiger partial charge in [0.05, 0.1) is 28.4 Å². The first-order valence-electron chi connectivity index (χ1n) is 9.87. The Hall–Kier alpha value is -3.15. The third kappa shape index (κ3) is 4.33. The lowest BCUT2D eigenvalue weighted by atomic mass is 9.96. The van der Waals surface area contributed by atoms with Crippen molar-refractivity contribution in [1.82, 2.24) is 15.3 Å². The highest BCUT2D eigenvalue weighted by Gasteiger charge is 2.28. The lowest BCUT2D eigenvalue weighted by Crippen LogP contribution is -2.38. The normalized spacial score (nSPS) is 18.3. The number of nitriles is 1. The minimum Gasteiger partial charge on any atom is -0.386 e. The standard InChI is InChI=1S/C22H22ClFN6O/c1-22(2,31)16-10-26-20(8-18(16)24)29-21-15-5-6-30(11-19(15)27-12-28-21)14-4-3-13(9-25)17(23)7-14/h3-4,7-8,10,12,20,26,31H,5-6,11H2,1-2H3,(H,27,28,29). The summed E-state index contributed by atoms with van der Waals surface area (Å²) in [4.78, 5) is 10.9. The molecule has 1 aromatic carbocycles. The first kappa shape index (κ1) is 21.1. The first-order valence-corrected chi connectivity index (χ1v) is 10.2. The number of aromatic nitrogens is 2. The number of hydrogen-bond acceptors (Lipinski definition) is 7. The average Bonchev–Trinajstić information content (AvgIpc) is 2.72. The number of rotatable bonds is 4. The quantitative estimate of drug-likeness (QED) is 0.670. The zero-order valence-corrected chi connectivity index (χ0v) is 17.9. The molecule has 0 fully saturated rings. The predicted octanol–water partition coefficient (Wildman–Crippen LogP) is 3.41. The topological polar surface area (TPSA) is 97.1 Å². The van der Waals surface area contributed by atoms with Gasteiger partial charge in [0.1, 0.15) is 30.2 Å². The number of dihydropyridines is 1. The van der Waals surface area contributed by atoms with Crippen molar-refractivity contribution in [3.05, 3.63) is 70.0 Å². The maximum atomic E-state index is 14.4. The van der Waals surface area contributed by atoms with Crippen LogP contribution in [0.15, 0.2) is 48.2 Å². The Bertz CT molecular complexity index is 1120. The van der Waals surface area contributed by atoms with Crippen LogP contribution in [0.5, 0.6) is 0 Å². The maximum Gasteiger partial charge on any atom is 0.134 e. The van der Waals surface area contributed by atoms with Gasteiger partial charge in [0.25, 0.3) is 0 Å². The highest BCUT2D eigenvalue weighted by Crippen LogP contribution is 2.31. The molecule has 160 valence electrons. The minimum atomic E-state index is -1.27. The third-order valence-electron chi connectivity index (χ3n) is 5.37. The summed E-state index contributed by atoms with van der Waals surface area (Å²) in [5, 5.41) is 25.8. The Labute approximate surface area is 184 Å². The zero-order chi connectivity index (χ0) is 22.2. The molecular weight excluding hydrogens is 419 g/mol. The molecule has 9 heteroatoms. The van der Waals surface area contributed by atoms with Crippen LogP contribution in [0, 0.1) is 11.3 Å². The van der Waals surface area contributed by atoms with E-state index in [1.54, 1.807) is 12.1 Å². The van der Waals surface area contributed by atoms with E-state index in [-0.39, 0.29) is 5.57 Å². The van der Waals surface area contributed by atoms with Gasteiger partial charge in [0.15, 0.2) is 0 Å². The smallest absolute Gasteiger partial charge is 0.134 e. The van der Waals surface area contributed by atoms with Crippen LogP contribution in [0.4, 0.5) is 15.9 Å². The molecule has 1 aromatic heterocycles. The summed E-state index contributed by atoms with van der Waals surface area (Å²) in [6.07, 6.45) is 4.55. The van der Waals surface area contributed by atoms with Crippen LogP contribution in [0.2, 0.25) is 5.02 Å². The molecule has 4 rings (SSSR count). The van der Waals surface area contributed by atoms with Gasteiger partial charge in [-0.15, -0.1) is 0 Å². The summed E-state index contributed by atoms with van der Waals surface area (Å²) < 4.78 is 14.4. The van der Waals surface area contributed by atoms with E-state index in [1.807, 2.05) is 6.07 Å². The zero-order valence-electron chi connectivity index (χ0n) is 17.2. The molecular formula is C22H22ClFN6O. The van der Waals surface area contributed by atoms with Crippen LogP contribution in [0.3, 0.4) is 0 Å². The van der Waals surface area contributed by atoms with E-state index in [9.17, 15) is 9.50 Å². The molecule has 0 amide bonds. The number of nitrogens with one attached hydrogen (secondary N) is 2. The van der Waals surface area contributed by atoms with E-state index in [2.05, 4.69) is 31.6 Å². The van der Waals surface area contributed by atoms with E-state index in [4.69, 9.17) is 16.9 Å². The molecule has 1 unspecified atom stereocenters. The molecule has 0 radical (unpaired) electrons. The summed E-state index contributed by atoms with van der Waals surface area (Å²) in [7, 11) is 0. The number of nitrogens with zero attached hydrogens (tertiary/aromatic N) is 4. The predicted molar refractivity (Wildman–Crippen MR) is 117 cm³/mol. The second-order valence-corrected chi connectivity index (χ2v) is 8.42. The number of hydrogen-bond donors (Lipinski definition) is 3. The second-order valence-electron chi connectivity index (χ2n) is 8.02. The monoisotopic (exact) mass is 440 g/mol. The molecule has 3 N–H and O–H groups in total. The maximum absolute atomic E-state index is 14.4. The highest BCUT2D eigenvalue weighted by atomic mass is 35.5. The lowest BCUT2D eigenvalue weighted by molar-refractivity contribution is 0.117. The third-order valence-corrected chi connectivity index (χ3v) is 5.69. The molecule has 0 aliphatic carbocycles. The van der Waals surface area contributed by atoms with Crippen LogP contribution in [-0.4, -0.2) is 33.4 Å². The van der Waals surface area contributed by atoms with Crippen LogP contribution >= 0.6 is 11.6 Å². The van der Waals surface area contributed by atoms with Crippen molar-refractivity contribution in [3.8, 4) is 6.07 Å². The summed E-state index contributed by atoms with van der Waals surface area (Å²) >= 11 is 6.18. The van der Waals surface area contributed by atoms with E-state index in [0.29, 0.717) is 29.4 Å². The summed E-state index contributed by atoms with van der Waals surface area (Å²) in [6, 6.07) is 7.45. The fraction of sp³-hybridized carbons (Fsp3) is 0.318. The van der Waals surface area contributed by atoms with Gasteiger partial charge in [0, 0.05) is 29.6 Å². The van der Waals surface area contributed by atoms with E-state index in [0.717, 1.165) is 23.5 Å². The number of fused-ring (bicyclic) bond motifs is 1. The summed E-state index contributed by atoms with van der Waals surface area (Å²) in [6.45, 7) is 4.37. The SMILES string of the molecule is CC(C)(O)C1=CNC(Nc2ncnc3c2CCN(c2ccc(C#N)c(Cl)c2)C3)C=C1F. The van der Waals surface area contributed by atoms with Gasteiger partial charge in [-0.2, -0.15) is 5.26 Å². The Morgan fingerprint density at radius 1 is 1.39 bits per heavy atom. The fourth-order valence-corrected chi connectivity index (χ4v) is 3.93. The van der Waals surface area contributed by atoms with Gasteiger partial charge >= 0.3 is 0 Å². The molecule has 0 saturated carbocycles.